The highest BCUT2D eigenvalue weighted by atomic mass is 32.1. The van der Waals surface area contributed by atoms with Gasteiger partial charge in [-0.15, -0.1) is 11.3 Å². The molecule has 18 heavy (non-hydrogen) atoms. The summed E-state index contributed by atoms with van der Waals surface area (Å²) in [6.07, 6.45) is 0. The molecule has 0 aliphatic rings. The largest absolute Gasteiger partial charge is 0.320 e. The van der Waals surface area contributed by atoms with Crippen molar-refractivity contribution in [2.75, 3.05) is 5.32 Å². The maximum absolute atomic E-state index is 11.9. The Hall–Kier alpha value is -2.19. The number of carbonyl (C=O) groups excluding carboxylic acids is 1. The number of benzene rings is 1. The molecule has 0 saturated heterocycles. The molecule has 2 aromatic rings. The second-order valence-electron chi connectivity index (χ2n) is 3.81. The molecule has 0 radical (unpaired) electrons. The molecule has 1 amide bonds. The lowest BCUT2D eigenvalue weighted by Gasteiger charge is -2.02. The van der Waals surface area contributed by atoms with E-state index in [1.165, 1.54) is 11.3 Å². The van der Waals surface area contributed by atoms with E-state index in [2.05, 4.69) is 10.3 Å². The fraction of sp³-hybridized carbons (Fsp3) is 0.154. The highest BCUT2D eigenvalue weighted by Crippen LogP contribution is 2.18. The zero-order valence-electron chi connectivity index (χ0n) is 10.0. The Morgan fingerprint density at radius 1 is 1.44 bits per heavy atom. The number of aryl methyl sites for hydroxylation is 2. The van der Waals surface area contributed by atoms with Gasteiger partial charge >= 0.3 is 0 Å². The van der Waals surface area contributed by atoms with Crippen LogP contribution < -0.4 is 5.32 Å². The second-order valence-corrected chi connectivity index (χ2v) is 5.01. The first kappa shape index (κ1) is 12.3. The van der Waals surface area contributed by atoms with Crippen molar-refractivity contribution in [3.63, 3.8) is 0 Å². The maximum Gasteiger partial charge on any atom is 0.284 e. The van der Waals surface area contributed by atoms with Crippen LogP contribution in [0.25, 0.3) is 0 Å². The number of nitrogens with one attached hydrogen (secondary N) is 1. The Bertz CT molecular complexity index is 620. The number of hydrogen-bond acceptors (Lipinski definition) is 4. The van der Waals surface area contributed by atoms with Crippen LogP contribution in [0.2, 0.25) is 0 Å². The standard InChI is InChI=1S/C13H11N3OS/c1-8-9(2)18-13(15-8)12(17)16-11-5-3-4-10(6-11)7-14/h3-6H,1-2H3,(H,16,17). The van der Waals surface area contributed by atoms with Gasteiger partial charge in [-0.2, -0.15) is 5.26 Å². The molecule has 0 unspecified atom stereocenters. The molecule has 0 saturated carbocycles. The van der Waals surface area contributed by atoms with Crippen LogP contribution in [0.1, 0.15) is 25.9 Å². The van der Waals surface area contributed by atoms with E-state index in [4.69, 9.17) is 5.26 Å². The predicted molar refractivity (Wildman–Crippen MR) is 70.7 cm³/mol. The molecule has 1 aromatic carbocycles. The Kier molecular flexibility index (Phi) is 3.40. The summed E-state index contributed by atoms with van der Waals surface area (Å²) in [4.78, 5) is 17.2. The van der Waals surface area contributed by atoms with Crippen LogP contribution in [-0.2, 0) is 0 Å². The number of hydrogen-bond donors (Lipinski definition) is 1. The number of nitrogens with zero attached hydrogens (tertiary/aromatic N) is 2. The van der Waals surface area contributed by atoms with E-state index >= 15 is 0 Å². The number of nitriles is 1. The smallest absolute Gasteiger partial charge is 0.284 e. The molecule has 4 nitrogen and oxygen atoms in total. The van der Waals surface area contributed by atoms with Crippen molar-refractivity contribution in [2.24, 2.45) is 0 Å². The summed E-state index contributed by atoms with van der Waals surface area (Å²) in [6.45, 7) is 3.80. The fourth-order valence-corrected chi connectivity index (χ4v) is 2.23. The maximum atomic E-state index is 11.9. The Labute approximate surface area is 109 Å². The van der Waals surface area contributed by atoms with Gasteiger partial charge in [0.2, 0.25) is 0 Å². The van der Waals surface area contributed by atoms with Crippen molar-refractivity contribution in [1.82, 2.24) is 4.98 Å². The molecule has 90 valence electrons. The van der Waals surface area contributed by atoms with Crippen molar-refractivity contribution >= 4 is 22.9 Å². The topological polar surface area (TPSA) is 65.8 Å². The zero-order valence-corrected chi connectivity index (χ0v) is 10.8. The van der Waals surface area contributed by atoms with Crippen LogP contribution >= 0.6 is 11.3 Å². The van der Waals surface area contributed by atoms with Gasteiger partial charge < -0.3 is 5.32 Å². The van der Waals surface area contributed by atoms with Gasteiger partial charge in [0.1, 0.15) is 0 Å². The van der Waals surface area contributed by atoms with Gasteiger partial charge in [0.25, 0.3) is 5.91 Å². The highest BCUT2D eigenvalue weighted by molar-refractivity contribution is 7.13. The Morgan fingerprint density at radius 3 is 2.83 bits per heavy atom. The summed E-state index contributed by atoms with van der Waals surface area (Å²) >= 11 is 1.36. The van der Waals surface area contributed by atoms with Gasteiger partial charge in [-0.05, 0) is 32.0 Å². The summed E-state index contributed by atoms with van der Waals surface area (Å²) in [5.41, 5.74) is 1.99. The highest BCUT2D eigenvalue weighted by Gasteiger charge is 2.12. The van der Waals surface area contributed by atoms with Crippen LogP contribution in [0, 0.1) is 25.2 Å². The van der Waals surface area contributed by atoms with Gasteiger partial charge in [0.15, 0.2) is 5.01 Å². The van der Waals surface area contributed by atoms with E-state index in [1.54, 1.807) is 24.3 Å². The van der Waals surface area contributed by atoms with Gasteiger partial charge in [-0.1, -0.05) is 6.07 Å². The van der Waals surface area contributed by atoms with E-state index in [0.29, 0.717) is 16.3 Å². The van der Waals surface area contributed by atoms with Crippen LogP contribution in [-0.4, -0.2) is 10.9 Å². The predicted octanol–water partition coefficient (Wildman–Crippen LogP) is 2.88. The molecular formula is C13H11N3OS. The lowest BCUT2D eigenvalue weighted by molar-refractivity contribution is 0.102. The second kappa shape index (κ2) is 4.98. The Morgan fingerprint density at radius 2 is 2.22 bits per heavy atom. The number of aromatic nitrogens is 1. The van der Waals surface area contributed by atoms with Gasteiger partial charge in [0.05, 0.1) is 17.3 Å². The van der Waals surface area contributed by atoms with E-state index in [-0.39, 0.29) is 5.91 Å². The third-order valence-corrected chi connectivity index (χ3v) is 3.54. The number of anilines is 1. The van der Waals surface area contributed by atoms with Crippen molar-refractivity contribution in [2.45, 2.75) is 13.8 Å². The molecule has 0 atom stereocenters. The van der Waals surface area contributed by atoms with Crippen molar-refractivity contribution < 1.29 is 4.79 Å². The van der Waals surface area contributed by atoms with E-state index in [1.807, 2.05) is 19.9 Å². The van der Waals surface area contributed by atoms with Gasteiger partial charge in [-0.25, -0.2) is 4.98 Å². The number of rotatable bonds is 2. The molecule has 0 spiro atoms. The molecule has 1 N–H and O–H groups in total. The first-order chi connectivity index (χ1) is 8.60. The lowest BCUT2D eigenvalue weighted by atomic mass is 10.2. The van der Waals surface area contributed by atoms with Crippen molar-refractivity contribution in [3.05, 3.63) is 45.4 Å². The summed E-state index contributed by atoms with van der Waals surface area (Å²) in [7, 11) is 0. The van der Waals surface area contributed by atoms with E-state index in [0.717, 1.165) is 10.6 Å². The molecule has 0 aliphatic heterocycles. The summed E-state index contributed by atoms with van der Waals surface area (Å²) in [6, 6.07) is 8.82. The molecule has 0 aliphatic carbocycles. The quantitative estimate of drug-likeness (QED) is 0.899. The Balaban J connectivity index is 2.19. The summed E-state index contributed by atoms with van der Waals surface area (Å²) in [5, 5.41) is 11.9. The third-order valence-electron chi connectivity index (χ3n) is 2.47. The van der Waals surface area contributed by atoms with E-state index < -0.39 is 0 Å². The molecule has 0 bridgehead atoms. The first-order valence-electron chi connectivity index (χ1n) is 5.35. The average Bonchev–Trinajstić information content (AvgIpc) is 2.70. The minimum absolute atomic E-state index is 0.244. The summed E-state index contributed by atoms with van der Waals surface area (Å²) in [5.74, 6) is -0.244. The average molecular weight is 257 g/mol. The lowest BCUT2D eigenvalue weighted by Crippen LogP contribution is -2.11. The van der Waals surface area contributed by atoms with Crippen LogP contribution in [0.15, 0.2) is 24.3 Å². The first-order valence-corrected chi connectivity index (χ1v) is 6.17. The number of amides is 1. The molecule has 1 aromatic heterocycles. The minimum Gasteiger partial charge on any atom is -0.320 e. The van der Waals surface area contributed by atoms with Crippen LogP contribution in [0.5, 0.6) is 0 Å². The molecule has 5 heteroatoms. The molecule has 2 rings (SSSR count). The minimum atomic E-state index is -0.244. The third kappa shape index (κ3) is 2.55. The number of thiazole rings is 1. The number of carbonyl (C=O) groups is 1. The van der Waals surface area contributed by atoms with Crippen molar-refractivity contribution in [3.8, 4) is 6.07 Å². The zero-order chi connectivity index (χ0) is 13.1. The molecule has 0 fully saturated rings. The fourth-order valence-electron chi connectivity index (χ4n) is 1.42. The van der Waals surface area contributed by atoms with Crippen LogP contribution in [0.3, 0.4) is 0 Å². The molecule has 1 heterocycles. The van der Waals surface area contributed by atoms with Gasteiger partial charge in [0, 0.05) is 10.6 Å². The van der Waals surface area contributed by atoms with Gasteiger partial charge in [-0.3, -0.25) is 4.79 Å². The monoisotopic (exact) mass is 257 g/mol. The van der Waals surface area contributed by atoms with Crippen LogP contribution in [0.4, 0.5) is 5.69 Å². The van der Waals surface area contributed by atoms with E-state index in [9.17, 15) is 4.79 Å². The normalized spacial score (nSPS) is 9.83. The molecular weight excluding hydrogens is 246 g/mol. The summed E-state index contributed by atoms with van der Waals surface area (Å²) < 4.78 is 0. The SMILES string of the molecule is Cc1nc(C(=O)Nc2cccc(C#N)c2)sc1C. The van der Waals surface area contributed by atoms with Crippen molar-refractivity contribution in [1.29, 1.82) is 5.26 Å².